The number of halogens is 1. The van der Waals surface area contributed by atoms with E-state index >= 15 is 0 Å². The Balaban J connectivity index is 2.39. The fourth-order valence-corrected chi connectivity index (χ4v) is 2.18. The highest BCUT2D eigenvalue weighted by atomic mass is 79.9. The average Bonchev–Trinajstić information content (AvgIpc) is 2.39. The van der Waals surface area contributed by atoms with Gasteiger partial charge < -0.3 is 4.90 Å². The summed E-state index contributed by atoms with van der Waals surface area (Å²) >= 11 is 3.47. The molecule has 84 valence electrons. The summed E-state index contributed by atoms with van der Waals surface area (Å²) in [4.78, 5) is 6.10. The molecular formula is C13H10BrN3. The number of aromatic nitrogens is 1. The van der Waals surface area contributed by atoms with Crippen LogP contribution in [0.3, 0.4) is 0 Å². The summed E-state index contributed by atoms with van der Waals surface area (Å²) in [6.45, 7) is 0. The normalized spacial score (nSPS) is 9.71. The summed E-state index contributed by atoms with van der Waals surface area (Å²) in [5, 5.41) is 8.81. The molecule has 0 bridgehead atoms. The fraction of sp³-hybridized carbons (Fsp3) is 0.0769. The van der Waals surface area contributed by atoms with Crippen LogP contribution in [-0.4, -0.2) is 12.0 Å². The first-order valence-corrected chi connectivity index (χ1v) is 5.85. The number of hydrogen-bond donors (Lipinski definition) is 0. The molecule has 3 nitrogen and oxygen atoms in total. The molecule has 0 aliphatic carbocycles. The van der Waals surface area contributed by atoms with Gasteiger partial charge in [-0.05, 0) is 46.3 Å². The number of nitrogens with zero attached hydrogens (tertiary/aromatic N) is 3. The van der Waals surface area contributed by atoms with Crippen LogP contribution in [0.5, 0.6) is 0 Å². The van der Waals surface area contributed by atoms with E-state index in [4.69, 9.17) is 5.26 Å². The second-order valence-corrected chi connectivity index (χ2v) is 4.40. The molecule has 2 rings (SSSR count). The van der Waals surface area contributed by atoms with Crippen molar-refractivity contribution in [1.29, 1.82) is 5.26 Å². The predicted octanol–water partition coefficient (Wildman–Crippen LogP) is 3.48. The van der Waals surface area contributed by atoms with Crippen LogP contribution in [0, 0.1) is 11.3 Å². The van der Waals surface area contributed by atoms with Crippen LogP contribution in [0.1, 0.15) is 5.56 Å². The second-order valence-electron chi connectivity index (χ2n) is 3.55. The minimum absolute atomic E-state index is 0.639. The fourth-order valence-electron chi connectivity index (χ4n) is 1.54. The van der Waals surface area contributed by atoms with E-state index in [0.717, 1.165) is 15.8 Å². The molecular weight excluding hydrogens is 278 g/mol. The lowest BCUT2D eigenvalue weighted by atomic mass is 10.2. The van der Waals surface area contributed by atoms with Crippen LogP contribution >= 0.6 is 15.9 Å². The molecule has 0 amide bonds. The Kier molecular flexibility index (Phi) is 3.40. The highest BCUT2D eigenvalue weighted by molar-refractivity contribution is 9.10. The van der Waals surface area contributed by atoms with E-state index < -0.39 is 0 Å². The van der Waals surface area contributed by atoms with E-state index in [1.807, 2.05) is 36.2 Å². The second kappa shape index (κ2) is 4.98. The van der Waals surface area contributed by atoms with Crippen LogP contribution in [-0.2, 0) is 0 Å². The van der Waals surface area contributed by atoms with Crippen molar-refractivity contribution in [2.75, 3.05) is 11.9 Å². The van der Waals surface area contributed by atoms with Crippen molar-refractivity contribution in [1.82, 2.24) is 4.98 Å². The molecule has 0 aliphatic rings. The lowest BCUT2D eigenvalue weighted by molar-refractivity contribution is 1.17. The van der Waals surface area contributed by atoms with Crippen molar-refractivity contribution in [2.24, 2.45) is 0 Å². The number of hydrogen-bond acceptors (Lipinski definition) is 3. The van der Waals surface area contributed by atoms with Crippen molar-refractivity contribution in [2.45, 2.75) is 0 Å². The van der Waals surface area contributed by atoms with Gasteiger partial charge in [-0.15, -0.1) is 0 Å². The zero-order valence-corrected chi connectivity index (χ0v) is 10.8. The van der Waals surface area contributed by atoms with Crippen LogP contribution in [0.4, 0.5) is 11.4 Å². The standard InChI is InChI=1S/C13H10BrN3/c1-17(11-3-2-6-16-9-11)13-5-4-10(8-15)7-12(13)14/h2-7,9H,1H3. The number of rotatable bonds is 2. The smallest absolute Gasteiger partial charge is 0.0992 e. The van der Waals surface area contributed by atoms with Gasteiger partial charge in [-0.2, -0.15) is 5.26 Å². The molecule has 1 aromatic carbocycles. The number of pyridine rings is 1. The van der Waals surface area contributed by atoms with Gasteiger partial charge in [0.15, 0.2) is 0 Å². The van der Waals surface area contributed by atoms with Crippen molar-refractivity contribution >= 4 is 27.3 Å². The molecule has 2 aromatic rings. The zero-order valence-electron chi connectivity index (χ0n) is 9.26. The molecule has 0 N–H and O–H groups in total. The molecule has 17 heavy (non-hydrogen) atoms. The van der Waals surface area contributed by atoms with Crippen molar-refractivity contribution < 1.29 is 0 Å². The molecule has 0 saturated carbocycles. The van der Waals surface area contributed by atoms with Gasteiger partial charge in [0.2, 0.25) is 0 Å². The monoisotopic (exact) mass is 287 g/mol. The summed E-state index contributed by atoms with van der Waals surface area (Å²) in [7, 11) is 1.96. The predicted molar refractivity (Wildman–Crippen MR) is 71.2 cm³/mol. The van der Waals surface area contributed by atoms with E-state index in [1.54, 1.807) is 18.5 Å². The number of benzene rings is 1. The largest absolute Gasteiger partial charge is 0.342 e. The van der Waals surface area contributed by atoms with Crippen molar-refractivity contribution in [3.63, 3.8) is 0 Å². The van der Waals surface area contributed by atoms with Crippen LogP contribution in [0.2, 0.25) is 0 Å². The topological polar surface area (TPSA) is 39.9 Å². The minimum atomic E-state index is 0.639. The Labute approximate surface area is 108 Å². The van der Waals surface area contributed by atoms with Gasteiger partial charge in [-0.3, -0.25) is 4.98 Å². The van der Waals surface area contributed by atoms with Crippen LogP contribution in [0.15, 0.2) is 47.2 Å². The van der Waals surface area contributed by atoms with E-state index in [0.29, 0.717) is 5.56 Å². The maximum atomic E-state index is 8.81. The van der Waals surface area contributed by atoms with Crippen molar-refractivity contribution in [3.8, 4) is 6.07 Å². The Morgan fingerprint density at radius 3 is 2.76 bits per heavy atom. The van der Waals surface area contributed by atoms with Crippen LogP contribution in [0.25, 0.3) is 0 Å². The van der Waals surface area contributed by atoms with Gasteiger partial charge in [-0.1, -0.05) is 0 Å². The van der Waals surface area contributed by atoms with Crippen molar-refractivity contribution in [3.05, 3.63) is 52.8 Å². The van der Waals surface area contributed by atoms with Gasteiger partial charge in [-0.25, -0.2) is 0 Å². The molecule has 0 saturated heterocycles. The highest BCUT2D eigenvalue weighted by Gasteiger charge is 2.08. The summed E-state index contributed by atoms with van der Waals surface area (Å²) in [5.41, 5.74) is 2.63. The van der Waals surface area contributed by atoms with Gasteiger partial charge >= 0.3 is 0 Å². The summed E-state index contributed by atoms with van der Waals surface area (Å²) in [5.74, 6) is 0. The molecule has 4 heteroatoms. The first kappa shape index (κ1) is 11.6. The quantitative estimate of drug-likeness (QED) is 0.849. The van der Waals surface area contributed by atoms with E-state index in [1.165, 1.54) is 0 Å². The molecule has 1 heterocycles. The molecule has 0 unspecified atom stereocenters. The van der Waals surface area contributed by atoms with Gasteiger partial charge in [0, 0.05) is 17.7 Å². The molecule has 0 spiro atoms. The maximum Gasteiger partial charge on any atom is 0.0992 e. The lowest BCUT2D eigenvalue weighted by Crippen LogP contribution is -2.10. The zero-order chi connectivity index (χ0) is 12.3. The molecule has 1 aromatic heterocycles. The lowest BCUT2D eigenvalue weighted by Gasteiger charge is -2.20. The summed E-state index contributed by atoms with van der Waals surface area (Å²) < 4.78 is 0.892. The summed E-state index contributed by atoms with van der Waals surface area (Å²) in [6.07, 6.45) is 3.54. The van der Waals surface area contributed by atoms with Gasteiger partial charge in [0.1, 0.15) is 0 Å². The Morgan fingerprint density at radius 2 is 2.18 bits per heavy atom. The third kappa shape index (κ3) is 2.45. The highest BCUT2D eigenvalue weighted by Crippen LogP contribution is 2.30. The number of anilines is 2. The first-order chi connectivity index (χ1) is 8.22. The maximum absolute atomic E-state index is 8.81. The van der Waals surface area contributed by atoms with Gasteiger partial charge in [0.05, 0.1) is 29.2 Å². The van der Waals surface area contributed by atoms with Gasteiger partial charge in [0.25, 0.3) is 0 Å². The van der Waals surface area contributed by atoms with E-state index in [2.05, 4.69) is 27.0 Å². The first-order valence-electron chi connectivity index (χ1n) is 5.06. The molecule has 0 fully saturated rings. The average molecular weight is 288 g/mol. The molecule has 0 atom stereocenters. The molecule has 0 aliphatic heterocycles. The SMILES string of the molecule is CN(c1cccnc1)c1ccc(C#N)cc1Br. The minimum Gasteiger partial charge on any atom is -0.342 e. The van der Waals surface area contributed by atoms with E-state index in [9.17, 15) is 0 Å². The Bertz CT molecular complexity index is 561. The Morgan fingerprint density at radius 1 is 1.35 bits per heavy atom. The van der Waals surface area contributed by atoms with E-state index in [-0.39, 0.29) is 0 Å². The third-order valence-electron chi connectivity index (χ3n) is 2.47. The summed E-state index contributed by atoms with van der Waals surface area (Å²) in [6, 6.07) is 11.5. The Hall–Kier alpha value is -1.86. The van der Waals surface area contributed by atoms with Crippen LogP contribution < -0.4 is 4.90 Å². The molecule has 0 radical (unpaired) electrons. The third-order valence-corrected chi connectivity index (χ3v) is 3.11. The number of nitriles is 1.